The standard InChI is InChI=1S/C29H33N7OS/c1-21-4-9-25(17-26(21)33-29-34-27(20-38-29)24-3-2-11-31-18-24)32-28(37)23-7-5-22(6-8-23)19-36-15-13-35(12-10-30)14-16-36/h2-9,11,17-18,20H,10,12-16,19,30H2,1H3,(H,32,37)(H,33,34). The Morgan fingerprint density at radius 3 is 2.58 bits per heavy atom. The van der Waals surface area contributed by atoms with Crippen LogP contribution in [-0.2, 0) is 6.54 Å². The molecule has 5 rings (SSSR count). The van der Waals surface area contributed by atoms with Gasteiger partial charge in [0.15, 0.2) is 5.13 Å². The van der Waals surface area contributed by atoms with Gasteiger partial charge in [0.2, 0.25) is 0 Å². The lowest BCUT2D eigenvalue weighted by molar-refractivity contribution is 0.102. The number of nitrogens with two attached hydrogens (primary N) is 1. The van der Waals surface area contributed by atoms with Crippen molar-refractivity contribution in [3.05, 3.63) is 89.1 Å². The molecule has 8 nitrogen and oxygen atoms in total. The number of rotatable bonds is 9. The molecule has 0 bridgehead atoms. The molecule has 1 fully saturated rings. The zero-order valence-corrected chi connectivity index (χ0v) is 22.4. The van der Waals surface area contributed by atoms with Gasteiger partial charge in [-0.25, -0.2) is 4.98 Å². The molecule has 1 amide bonds. The fourth-order valence-corrected chi connectivity index (χ4v) is 5.24. The Bertz CT molecular complexity index is 1350. The average molecular weight is 528 g/mol. The van der Waals surface area contributed by atoms with Crippen LogP contribution in [0.25, 0.3) is 11.3 Å². The first-order valence-electron chi connectivity index (χ1n) is 12.9. The smallest absolute Gasteiger partial charge is 0.255 e. The number of nitrogens with one attached hydrogen (secondary N) is 2. The number of amides is 1. The third-order valence-corrected chi connectivity index (χ3v) is 7.49. The van der Waals surface area contributed by atoms with Gasteiger partial charge >= 0.3 is 0 Å². The van der Waals surface area contributed by atoms with Gasteiger partial charge in [-0.2, -0.15) is 0 Å². The van der Waals surface area contributed by atoms with E-state index in [0.29, 0.717) is 12.1 Å². The van der Waals surface area contributed by atoms with E-state index in [9.17, 15) is 4.79 Å². The molecular formula is C29H33N7OS. The second-order valence-corrected chi connectivity index (χ2v) is 10.3. The van der Waals surface area contributed by atoms with Crippen molar-refractivity contribution < 1.29 is 4.79 Å². The largest absolute Gasteiger partial charge is 0.331 e. The minimum Gasteiger partial charge on any atom is -0.331 e. The Morgan fingerprint density at radius 2 is 1.84 bits per heavy atom. The average Bonchev–Trinajstić information content (AvgIpc) is 3.41. The molecule has 1 saturated heterocycles. The maximum Gasteiger partial charge on any atom is 0.255 e. The van der Waals surface area contributed by atoms with Crippen molar-refractivity contribution in [1.29, 1.82) is 0 Å². The summed E-state index contributed by atoms with van der Waals surface area (Å²) in [5.74, 6) is -0.130. The van der Waals surface area contributed by atoms with E-state index in [0.717, 1.165) is 72.6 Å². The summed E-state index contributed by atoms with van der Waals surface area (Å²) in [6, 6.07) is 17.6. The number of thiazole rings is 1. The molecule has 0 unspecified atom stereocenters. The number of hydrogen-bond acceptors (Lipinski definition) is 8. The van der Waals surface area contributed by atoms with Crippen LogP contribution in [0.5, 0.6) is 0 Å². The molecule has 0 aliphatic carbocycles. The van der Waals surface area contributed by atoms with E-state index in [1.54, 1.807) is 12.4 Å². The van der Waals surface area contributed by atoms with Gasteiger partial charge in [-0.3, -0.25) is 19.6 Å². The molecule has 0 atom stereocenters. The van der Waals surface area contributed by atoms with Gasteiger partial charge in [-0.05, 0) is 54.4 Å². The molecule has 1 aliphatic heterocycles. The van der Waals surface area contributed by atoms with Gasteiger partial charge in [0.05, 0.1) is 5.69 Å². The van der Waals surface area contributed by atoms with Gasteiger partial charge < -0.3 is 16.4 Å². The summed E-state index contributed by atoms with van der Waals surface area (Å²) >= 11 is 1.53. The third kappa shape index (κ3) is 6.62. The molecule has 0 saturated carbocycles. The summed E-state index contributed by atoms with van der Waals surface area (Å²) in [6.45, 7) is 8.79. The van der Waals surface area contributed by atoms with Gasteiger partial charge in [0.25, 0.3) is 5.91 Å². The highest BCUT2D eigenvalue weighted by Gasteiger charge is 2.16. The summed E-state index contributed by atoms with van der Waals surface area (Å²) in [6.07, 6.45) is 3.55. The van der Waals surface area contributed by atoms with Crippen molar-refractivity contribution in [3.63, 3.8) is 0 Å². The highest BCUT2D eigenvalue weighted by molar-refractivity contribution is 7.14. The van der Waals surface area contributed by atoms with Crippen molar-refractivity contribution >= 4 is 33.8 Å². The van der Waals surface area contributed by atoms with Crippen molar-refractivity contribution in [2.75, 3.05) is 49.9 Å². The maximum absolute atomic E-state index is 13.0. The lowest BCUT2D eigenvalue weighted by Gasteiger charge is -2.34. The number of anilines is 3. The Balaban J connectivity index is 1.18. The van der Waals surface area contributed by atoms with Crippen LogP contribution < -0.4 is 16.4 Å². The monoisotopic (exact) mass is 527 g/mol. The predicted molar refractivity (Wildman–Crippen MR) is 155 cm³/mol. The predicted octanol–water partition coefficient (Wildman–Crippen LogP) is 4.59. The number of pyridine rings is 1. The number of benzene rings is 2. The molecule has 9 heteroatoms. The Morgan fingerprint density at radius 1 is 1.05 bits per heavy atom. The molecule has 3 heterocycles. The van der Waals surface area contributed by atoms with Crippen LogP contribution in [0.4, 0.5) is 16.5 Å². The lowest BCUT2D eigenvalue weighted by atomic mass is 10.1. The molecular weight excluding hydrogens is 494 g/mol. The zero-order valence-electron chi connectivity index (χ0n) is 21.6. The number of hydrogen-bond donors (Lipinski definition) is 3. The number of carbonyl (C=O) groups excluding carboxylic acids is 1. The first kappa shape index (κ1) is 26.0. The second-order valence-electron chi connectivity index (χ2n) is 9.49. The Kier molecular flexibility index (Phi) is 8.40. The summed E-state index contributed by atoms with van der Waals surface area (Å²) < 4.78 is 0. The summed E-state index contributed by atoms with van der Waals surface area (Å²) in [5.41, 5.74) is 12.1. The minimum absolute atomic E-state index is 0.130. The SMILES string of the molecule is Cc1ccc(NC(=O)c2ccc(CN3CCN(CCN)CC3)cc2)cc1Nc1nc(-c2cccnc2)cs1. The van der Waals surface area contributed by atoms with E-state index in [2.05, 4.69) is 30.4 Å². The van der Waals surface area contributed by atoms with Gasteiger partial charge in [-0.1, -0.05) is 18.2 Å². The van der Waals surface area contributed by atoms with Crippen LogP contribution >= 0.6 is 11.3 Å². The fourth-order valence-electron chi connectivity index (χ4n) is 4.50. The van der Waals surface area contributed by atoms with E-state index in [4.69, 9.17) is 5.73 Å². The van der Waals surface area contributed by atoms with Gasteiger partial charge in [0.1, 0.15) is 0 Å². The van der Waals surface area contributed by atoms with E-state index in [-0.39, 0.29) is 5.91 Å². The van der Waals surface area contributed by atoms with Crippen molar-refractivity contribution in [3.8, 4) is 11.3 Å². The fraction of sp³-hybridized carbons (Fsp3) is 0.276. The molecule has 2 aromatic heterocycles. The normalized spacial score (nSPS) is 14.4. The van der Waals surface area contributed by atoms with Gasteiger partial charge in [0, 0.05) is 86.1 Å². The summed E-state index contributed by atoms with van der Waals surface area (Å²) in [5, 5.41) is 9.21. The van der Waals surface area contributed by atoms with Crippen molar-refractivity contribution in [1.82, 2.24) is 19.8 Å². The molecule has 196 valence electrons. The number of aromatic nitrogens is 2. The van der Waals surface area contributed by atoms with Crippen LogP contribution in [-0.4, -0.2) is 64.9 Å². The molecule has 4 N–H and O–H groups in total. The number of piperazine rings is 1. The van der Waals surface area contributed by atoms with Crippen molar-refractivity contribution in [2.45, 2.75) is 13.5 Å². The lowest BCUT2D eigenvalue weighted by Crippen LogP contribution is -2.47. The Hall–Kier alpha value is -3.63. The molecule has 0 spiro atoms. The maximum atomic E-state index is 13.0. The first-order chi connectivity index (χ1) is 18.6. The molecule has 1 aliphatic rings. The molecule has 0 radical (unpaired) electrons. The van der Waals surface area contributed by atoms with Crippen LogP contribution in [0.15, 0.2) is 72.4 Å². The van der Waals surface area contributed by atoms with E-state index in [1.165, 1.54) is 16.9 Å². The summed E-state index contributed by atoms with van der Waals surface area (Å²) in [7, 11) is 0. The third-order valence-electron chi connectivity index (χ3n) is 6.73. The number of aryl methyl sites for hydroxylation is 1. The molecule has 38 heavy (non-hydrogen) atoms. The second kappa shape index (κ2) is 12.3. The summed E-state index contributed by atoms with van der Waals surface area (Å²) in [4.78, 5) is 26.7. The van der Waals surface area contributed by atoms with Crippen LogP contribution in [0, 0.1) is 6.92 Å². The van der Waals surface area contributed by atoms with E-state index >= 15 is 0 Å². The molecule has 4 aromatic rings. The topological polar surface area (TPSA) is 99.4 Å². The van der Waals surface area contributed by atoms with Crippen molar-refractivity contribution in [2.24, 2.45) is 5.73 Å². The Labute approximate surface area is 227 Å². The highest BCUT2D eigenvalue weighted by Crippen LogP contribution is 2.29. The van der Waals surface area contributed by atoms with E-state index in [1.807, 2.05) is 66.9 Å². The molecule has 2 aromatic carbocycles. The van der Waals surface area contributed by atoms with E-state index < -0.39 is 0 Å². The quantitative estimate of drug-likeness (QED) is 0.293. The van der Waals surface area contributed by atoms with Crippen LogP contribution in [0.2, 0.25) is 0 Å². The van der Waals surface area contributed by atoms with Gasteiger partial charge in [-0.15, -0.1) is 11.3 Å². The number of nitrogens with zero attached hydrogens (tertiary/aromatic N) is 4. The minimum atomic E-state index is -0.130. The zero-order chi connectivity index (χ0) is 26.3. The number of carbonyl (C=O) groups is 1. The first-order valence-corrected chi connectivity index (χ1v) is 13.7. The van der Waals surface area contributed by atoms with Crippen LogP contribution in [0.1, 0.15) is 21.5 Å². The van der Waals surface area contributed by atoms with Crippen LogP contribution in [0.3, 0.4) is 0 Å². The highest BCUT2D eigenvalue weighted by atomic mass is 32.1.